The van der Waals surface area contributed by atoms with Gasteiger partial charge in [0.2, 0.25) is 0 Å². The summed E-state index contributed by atoms with van der Waals surface area (Å²) in [5.41, 5.74) is 3.23. The van der Waals surface area contributed by atoms with Crippen molar-refractivity contribution in [2.24, 2.45) is 0 Å². The molecule has 2 unspecified atom stereocenters. The van der Waals surface area contributed by atoms with Crippen LogP contribution < -0.4 is 4.74 Å². The molecule has 0 saturated carbocycles. The molecule has 148 valence electrons. The normalized spacial score (nSPS) is 18.1. The van der Waals surface area contributed by atoms with Gasteiger partial charge in [-0.3, -0.25) is 0 Å². The zero-order valence-corrected chi connectivity index (χ0v) is 16.5. The average Bonchev–Trinajstić information content (AvgIpc) is 3.35. The highest BCUT2D eigenvalue weighted by Crippen LogP contribution is 2.30. The van der Waals surface area contributed by atoms with Crippen LogP contribution in [-0.4, -0.2) is 34.0 Å². The van der Waals surface area contributed by atoms with E-state index in [1.165, 1.54) is 5.56 Å². The van der Waals surface area contributed by atoms with Crippen LogP contribution in [0, 0.1) is 0 Å². The minimum absolute atomic E-state index is 0.00379. The Kier molecular flexibility index (Phi) is 5.64. The first kappa shape index (κ1) is 19.0. The van der Waals surface area contributed by atoms with Crippen LogP contribution in [0.3, 0.4) is 0 Å². The Hall–Kier alpha value is -2.37. The minimum Gasteiger partial charge on any atom is -0.491 e. The van der Waals surface area contributed by atoms with Gasteiger partial charge in [0.25, 0.3) is 0 Å². The van der Waals surface area contributed by atoms with E-state index in [2.05, 4.69) is 30.5 Å². The van der Waals surface area contributed by atoms with Crippen LogP contribution in [0.4, 0.5) is 0 Å². The Labute approximate surface area is 165 Å². The highest BCUT2D eigenvalue weighted by atomic mass is 16.5. The molecule has 1 aliphatic heterocycles. The van der Waals surface area contributed by atoms with Gasteiger partial charge in [0, 0.05) is 6.61 Å². The molecule has 1 aromatic heterocycles. The predicted octanol–water partition coefficient (Wildman–Crippen LogP) is 4.45. The number of rotatable bonds is 7. The molecule has 3 aromatic rings. The molecular weight excluding hydrogens is 352 g/mol. The molecule has 1 aliphatic rings. The predicted molar refractivity (Wildman–Crippen MR) is 110 cm³/mol. The molecule has 1 fully saturated rings. The van der Waals surface area contributed by atoms with Crippen molar-refractivity contribution >= 4 is 11.0 Å². The molecule has 1 N–H and O–H groups in total. The fourth-order valence-electron chi connectivity index (χ4n) is 3.72. The topological polar surface area (TPSA) is 56.5 Å². The van der Waals surface area contributed by atoms with Crippen LogP contribution in [0.1, 0.15) is 50.1 Å². The number of ether oxygens (including phenoxy) is 2. The van der Waals surface area contributed by atoms with Gasteiger partial charge in [0.1, 0.15) is 30.4 Å². The Morgan fingerprint density at radius 1 is 1.18 bits per heavy atom. The molecule has 5 heteroatoms. The Bertz CT molecular complexity index is 911. The molecule has 1 saturated heterocycles. The van der Waals surface area contributed by atoms with Crippen LogP contribution in [-0.2, 0) is 11.3 Å². The smallest absolute Gasteiger partial charge is 0.139 e. The van der Waals surface area contributed by atoms with Gasteiger partial charge in [-0.2, -0.15) is 0 Å². The lowest BCUT2D eigenvalue weighted by atomic mass is 10.0. The van der Waals surface area contributed by atoms with Crippen LogP contribution in [0.5, 0.6) is 5.75 Å². The second kappa shape index (κ2) is 8.33. The van der Waals surface area contributed by atoms with Crippen LogP contribution in [0.25, 0.3) is 11.0 Å². The minimum atomic E-state index is -0.637. The number of para-hydroxylation sites is 2. The summed E-state index contributed by atoms with van der Waals surface area (Å²) in [6, 6.07) is 16.1. The van der Waals surface area contributed by atoms with Gasteiger partial charge in [-0.25, -0.2) is 4.98 Å². The van der Waals surface area contributed by atoms with Gasteiger partial charge in [-0.15, -0.1) is 0 Å². The first-order valence-corrected chi connectivity index (χ1v) is 10.1. The average molecular weight is 380 g/mol. The molecular formula is C23H28N2O3. The second-order valence-corrected chi connectivity index (χ2v) is 7.76. The Morgan fingerprint density at radius 3 is 2.68 bits per heavy atom. The summed E-state index contributed by atoms with van der Waals surface area (Å²) in [6.07, 6.45) is 1.39. The van der Waals surface area contributed by atoms with Crippen LogP contribution >= 0.6 is 0 Å². The van der Waals surface area contributed by atoms with Crippen molar-refractivity contribution < 1.29 is 14.6 Å². The van der Waals surface area contributed by atoms with Crippen molar-refractivity contribution in [1.29, 1.82) is 0 Å². The number of nitrogens with zero attached hydrogens (tertiary/aromatic N) is 2. The third kappa shape index (κ3) is 4.05. The van der Waals surface area contributed by atoms with Gasteiger partial charge in [0.05, 0.1) is 17.6 Å². The Balaban J connectivity index is 1.47. The summed E-state index contributed by atoms with van der Waals surface area (Å²) in [5, 5.41) is 10.6. The molecule has 2 aromatic carbocycles. The first-order chi connectivity index (χ1) is 13.6. The fourth-order valence-corrected chi connectivity index (χ4v) is 3.72. The first-order valence-electron chi connectivity index (χ1n) is 10.1. The zero-order chi connectivity index (χ0) is 19.5. The van der Waals surface area contributed by atoms with Crippen LogP contribution in [0.15, 0.2) is 48.5 Å². The maximum Gasteiger partial charge on any atom is 0.139 e. The number of hydrogen-bond acceptors (Lipinski definition) is 4. The number of fused-ring (bicyclic) bond motifs is 1. The van der Waals surface area contributed by atoms with E-state index in [0.717, 1.165) is 42.1 Å². The summed E-state index contributed by atoms with van der Waals surface area (Å²) in [5.74, 6) is 2.17. The lowest BCUT2D eigenvalue weighted by Gasteiger charge is -2.18. The highest BCUT2D eigenvalue weighted by Gasteiger charge is 2.25. The molecule has 0 bridgehead atoms. The largest absolute Gasteiger partial charge is 0.491 e. The maximum atomic E-state index is 10.6. The molecule has 28 heavy (non-hydrogen) atoms. The third-order valence-corrected chi connectivity index (χ3v) is 5.28. The fraction of sp³-hybridized carbons (Fsp3) is 0.435. The molecule has 2 atom stereocenters. The van der Waals surface area contributed by atoms with Gasteiger partial charge in [-0.1, -0.05) is 38.1 Å². The quantitative estimate of drug-likeness (QED) is 0.658. The van der Waals surface area contributed by atoms with E-state index >= 15 is 0 Å². The van der Waals surface area contributed by atoms with Crippen molar-refractivity contribution in [1.82, 2.24) is 9.55 Å². The van der Waals surface area contributed by atoms with Crippen molar-refractivity contribution in [3.05, 3.63) is 59.9 Å². The third-order valence-electron chi connectivity index (χ3n) is 5.28. The van der Waals surface area contributed by atoms with E-state index in [1.54, 1.807) is 0 Å². The Morgan fingerprint density at radius 2 is 1.96 bits per heavy atom. The maximum absolute atomic E-state index is 10.6. The number of hydrogen-bond donors (Lipinski definition) is 1. The number of benzene rings is 2. The van der Waals surface area contributed by atoms with E-state index in [4.69, 9.17) is 14.5 Å². The number of aliphatic hydroxyl groups is 1. The van der Waals surface area contributed by atoms with Crippen molar-refractivity contribution in [3.8, 4) is 5.75 Å². The number of aliphatic hydroxyl groups excluding tert-OH is 1. The summed E-state index contributed by atoms with van der Waals surface area (Å²) in [7, 11) is 0. The van der Waals surface area contributed by atoms with Gasteiger partial charge in [0.15, 0.2) is 0 Å². The molecule has 4 rings (SSSR count). The SMILES string of the molecule is CC(C)c1ccc(OCC(O)Cn2c(C3CCCO3)nc3ccccc32)cc1. The summed E-state index contributed by atoms with van der Waals surface area (Å²) < 4.78 is 13.8. The van der Waals surface area contributed by atoms with E-state index in [-0.39, 0.29) is 12.7 Å². The number of imidazole rings is 1. The number of aromatic nitrogens is 2. The van der Waals surface area contributed by atoms with E-state index in [9.17, 15) is 5.11 Å². The zero-order valence-electron chi connectivity index (χ0n) is 16.5. The summed E-state index contributed by atoms with van der Waals surface area (Å²) in [4.78, 5) is 4.78. The van der Waals surface area contributed by atoms with E-state index in [0.29, 0.717) is 12.5 Å². The molecule has 0 radical (unpaired) electrons. The monoisotopic (exact) mass is 380 g/mol. The molecule has 2 heterocycles. The van der Waals surface area contributed by atoms with Crippen molar-refractivity contribution in [3.63, 3.8) is 0 Å². The highest BCUT2D eigenvalue weighted by molar-refractivity contribution is 5.76. The summed E-state index contributed by atoms with van der Waals surface area (Å²) >= 11 is 0. The summed E-state index contributed by atoms with van der Waals surface area (Å²) in [6.45, 7) is 5.77. The lowest BCUT2D eigenvalue weighted by Crippen LogP contribution is -2.25. The molecule has 5 nitrogen and oxygen atoms in total. The molecule has 0 spiro atoms. The van der Waals surface area contributed by atoms with Gasteiger partial charge >= 0.3 is 0 Å². The van der Waals surface area contributed by atoms with E-state index in [1.807, 2.05) is 36.4 Å². The molecule has 0 amide bonds. The molecule has 0 aliphatic carbocycles. The standard InChI is InChI=1S/C23H28N2O3/c1-16(2)17-9-11-19(12-10-17)28-15-18(26)14-25-21-7-4-3-6-20(21)24-23(25)22-8-5-13-27-22/h3-4,6-7,9-12,16,18,22,26H,5,8,13-15H2,1-2H3. The van der Waals surface area contributed by atoms with E-state index < -0.39 is 6.10 Å². The van der Waals surface area contributed by atoms with Crippen molar-refractivity contribution in [2.45, 2.75) is 51.4 Å². The lowest BCUT2D eigenvalue weighted by molar-refractivity contribution is 0.0806. The van der Waals surface area contributed by atoms with Crippen LogP contribution in [0.2, 0.25) is 0 Å². The second-order valence-electron chi connectivity index (χ2n) is 7.76. The van der Waals surface area contributed by atoms with Crippen molar-refractivity contribution in [2.75, 3.05) is 13.2 Å². The van der Waals surface area contributed by atoms with Gasteiger partial charge in [-0.05, 0) is 48.6 Å². The van der Waals surface area contributed by atoms with Gasteiger partial charge < -0.3 is 19.1 Å².